The van der Waals surface area contributed by atoms with E-state index in [1.165, 1.54) is 0 Å². The lowest BCUT2D eigenvalue weighted by atomic mass is 9.78. The molecule has 116 valence electrons. The summed E-state index contributed by atoms with van der Waals surface area (Å²) in [7, 11) is 1.80. The molecule has 0 saturated carbocycles. The molecule has 22 heavy (non-hydrogen) atoms. The van der Waals surface area contributed by atoms with Gasteiger partial charge in [-0.25, -0.2) is 9.67 Å². The van der Waals surface area contributed by atoms with Crippen molar-refractivity contribution in [1.29, 1.82) is 0 Å². The fraction of sp³-hybridized carbons (Fsp3) is 0.600. The first-order valence-electron chi connectivity index (χ1n) is 7.82. The monoisotopic (exact) mass is 300 g/mol. The smallest absolute Gasteiger partial charge is 0.255 e. The van der Waals surface area contributed by atoms with Gasteiger partial charge in [0, 0.05) is 26.3 Å². The second-order valence-corrected chi connectivity index (χ2v) is 6.51. The number of hydrogen-bond acceptors (Lipinski definition) is 5. The Labute approximate surface area is 128 Å². The van der Waals surface area contributed by atoms with Gasteiger partial charge in [-0.3, -0.25) is 4.79 Å². The minimum atomic E-state index is 0.0652. The summed E-state index contributed by atoms with van der Waals surface area (Å²) in [5.74, 6) is 0.0652. The van der Waals surface area contributed by atoms with Crippen molar-refractivity contribution >= 4 is 17.1 Å². The van der Waals surface area contributed by atoms with Crippen LogP contribution in [0.1, 0.15) is 29.6 Å². The topological polar surface area (TPSA) is 75.9 Å². The molecule has 2 aliphatic heterocycles. The maximum atomic E-state index is 12.7. The number of pyridine rings is 1. The van der Waals surface area contributed by atoms with E-state index in [-0.39, 0.29) is 5.91 Å². The van der Waals surface area contributed by atoms with Crippen molar-refractivity contribution in [1.82, 2.24) is 30.2 Å². The number of piperidine rings is 1. The van der Waals surface area contributed by atoms with Gasteiger partial charge >= 0.3 is 0 Å². The number of aryl methyl sites for hydroxylation is 1. The molecule has 4 heterocycles. The Bertz CT molecular complexity index is 718. The Morgan fingerprint density at radius 3 is 2.95 bits per heavy atom. The summed E-state index contributed by atoms with van der Waals surface area (Å²) < 4.78 is 1.61. The molecular formula is C15H20N6O. The minimum absolute atomic E-state index is 0.0652. The highest BCUT2D eigenvalue weighted by Gasteiger charge is 2.40. The molecule has 2 aromatic heterocycles. The molecule has 7 heteroatoms. The van der Waals surface area contributed by atoms with Crippen molar-refractivity contribution in [2.45, 2.75) is 19.3 Å². The van der Waals surface area contributed by atoms with Gasteiger partial charge in [-0.2, -0.15) is 0 Å². The van der Waals surface area contributed by atoms with E-state index in [1.54, 1.807) is 24.0 Å². The van der Waals surface area contributed by atoms with E-state index in [9.17, 15) is 4.79 Å². The highest BCUT2D eigenvalue weighted by Crippen LogP contribution is 2.39. The summed E-state index contributed by atoms with van der Waals surface area (Å²) in [5.41, 5.74) is 2.31. The number of likely N-dealkylation sites (tertiary alicyclic amines) is 1. The average Bonchev–Trinajstić information content (AvgIpc) is 3.12. The third-order valence-electron chi connectivity index (χ3n) is 5.08. The maximum absolute atomic E-state index is 12.7. The first-order valence-corrected chi connectivity index (χ1v) is 7.82. The van der Waals surface area contributed by atoms with Crippen LogP contribution in [0.4, 0.5) is 0 Å². The second kappa shape index (κ2) is 5.01. The Balaban J connectivity index is 1.55. The molecule has 0 unspecified atom stereocenters. The van der Waals surface area contributed by atoms with Gasteiger partial charge in [0.2, 0.25) is 0 Å². The summed E-state index contributed by atoms with van der Waals surface area (Å²) in [6, 6.07) is 1.80. The Morgan fingerprint density at radius 2 is 2.14 bits per heavy atom. The van der Waals surface area contributed by atoms with Gasteiger partial charge in [0.05, 0.1) is 5.56 Å². The van der Waals surface area contributed by atoms with E-state index < -0.39 is 0 Å². The largest absolute Gasteiger partial charge is 0.338 e. The highest BCUT2D eigenvalue weighted by atomic mass is 16.2. The molecular weight excluding hydrogens is 280 g/mol. The van der Waals surface area contributed by atoms with Gasteiger partial charge < -0.3 is 10.2 Å². The van der Waals surface area contributed by atoms with Crippen molar-refractivity contribution in [2.24, 2.45) is 12.5 Å². The number of nitrogens with zero attached hydrogens (tertiary/aromatic N) is 5. The molecule has 0 aromatic carbocycles. The van der Waals surface area contributed by atoms with Gasteiger partial charge in [-0.05, 0) is 43.8 Å². The van der Waals surface area contributed by atoms with Crippen LogP contribution in [0.3, 0.4) is 0 Å². The van der Waals surface area contributed by atoms with Crippen molar-refractivity contribution in [3.63, 3.8) is 0 Å². The van der Waals surface area contributed by atoms with Gasteiger partial charge in [-0.15, -0.1) is 5.10 Å². The van der Waals surface area contributed by atoms with Gasteiger partial charge in [0.25, 0.3) is 5.91 Å². The number of rotatable bonds is 1. The molecule has 7 nitrogen and oxygen atoms in total. The predicted octanol–water partition coefficient (Wildman–Crippen LogP) is 0.579. The quantitative estimate of drug-likeness (QED) is 0.833. The van der Waals surface area contributed by atoms with Crippen LogP contribution >= 0.6 is 0 Å². The first kappa shape index (κ1) is 13.6. The van der Waals surface area contributed by atoms with Crippen LogP contribution in [0.25, 0.3) is 11.2 Å². The van der Waals surface area contributed by atoms with E-state index in [0.29, 0.717) is 22.1 Å². The number of aromatic nitrogens is 4. The number of amides is 1. The summed E-state index contributed by atoms with van der Waals surface area (Å²) >= 11 is 0. The Morgan fingerprint density at radius 1 is 1.32 bits per heavy atom. The van der Waals surface area contributed by atoms with Crippen molar-refractivity contribution in [2.75, 3.05) is 26.2 Å². The molecule has 2 aliphatic rings. The minimum Gasteiger partial charge on any atom is -0.338 e. The van der Waals surface area contributed by atoms with Crippen LogP contribution in [0, 0.1) is 5.41 Å². The van der Waals surface area contributed by atoms with E-state index in [4.69, 9.17) is 0 Å². The van der Waals surface area contributed by atoms with E-state index in [2.05, 4.69) is 20.6 Å². The maximum Gasteiger partial charge on any atom is 0.255 e. The third kappa shape index (κ3) is 2.16. The molecule has 0 bridgehead atoms. The fourth-order valence-electron chi connectivity index (χ4n) is 3.70. The molecule has 0 atom stereocenters. The lowest BCUT2D eigenvalue weighted by Gasteiger charge is -2.33. The van der Waals surface area contributed by atoms with Gasteiger partial charge in [0.15, 0.2) is 5.65 Å². The molecule has 1 spiro atoms. The number of nitrogens with one attached hydrogen (secondary N) is 1. The van der Waals surface area contributed by atoms with E-state index in [0.717, 1.165) is 45.4 Å². The average molecular weight is 300 g/mol. The normalized spacial score (nSPS) is 20.9. The standard InChI is InChI=1S/C15H20N6O/c1-20-13-12(18-19-20)8-11(9-17-13)14(22)21-7-4-15(10-21)2-5-16-6-3-15/h8-9,16H,2-7,10H2,1H3. The third-order valence-corrected chi connectivity index (χ3v) is 5.08. The van der Waals surface area contributed by atoms with Gasteiger partial charge in [-0.1, -0.05) is 5.21 Å². The zero-order valence-corrected chi connectivity index (χ0v) is 12.7. The van der Waals surface area contributed by atoms with Gasteiger partial charge in [0.1, 0.15) is 5.52 Å². The van der Waals surface area contributed by atoms with Crippen LogP contribution in [-0.2, 0) is 7.05 Å². The van der Waals surface area contributed by atoms with E-state index >= 15 is 0 Å². The molecule has 1 amide bonds. The second-order valence-electron chi connectivity index (χ2n) is 6.51. The molecule has 0 radical (unpaired) electrons. The summed E-state index contributed by atoms with van der Waals surface area (Å²) in [5, 5.41) is 11.4. The van der Waals surface area contributed by atoms with Crippen LogP contribution in [0.15, 0.2) is 12.3 Å². The van der Waals surface area contributed by atoms with Crippen molar-refractivity contribution < 1.29 is 4.79 Å². The number of hydrogen-bond donors (Lipinski definition) is 1. The number of carbonyl (C=O) groups excluding carboxylic acids is 1. The molecule has 4 rings (SSSR count). The van der Waals surface area contributed by atoms with Crippen LogP contribution in [0.5, 0.6) is 0 Å². The molecule has 2 saturated heterocycles. The molecule has 1 N–H and O–H groups in total. The van der Waals surface area contributed by atoms with Crippen LogP contribution in [0.2, 0.25) is 0 Å². The SMILES string of the molecule is Cn1nnc2cc(C(=O)N3CCC4(CCNCC4)C3)cnc21. The van der Waals surface area contributed by atoms with Crippen molar-refractivity contribution in [3.8, 4) is 0 Å². The summed E-state index contributed by atoms with van der Waals surface area (Å²) in [6.45, 7) is 3.84. The summed E-state index contributed by atoms with van der Waals surface area (Å²) in [6.07, 6.45) is 5.08. The van der Waals surface area contributed by atoms with Crippen molar-refractivity contribution in [3.05, 3.63) is 17.8 Å². The zero-order valence-electron chi connectivity index (χ0n) is 12.7. The van der Waals surface area contributed by atoms with Crippen LogP contribution < -0.4 is 5.32 Å². The predicted molar refractivity (Wildman–Crippen MR) is 81.4 cm³/mol. The number of fused-ring (bicyclic) bond motifs is 1. The molecule has 0 aliphatic carbocycles. The molecule has 2 fully saturated rings. The Kier molecular flexibility index (Phi) is 3.11. The number of carbonyl (C=O) groups is 1. The zero-order chi connectivity index (χ0) is 15.2. The summed E-state index contributed by atoms with van der Waals surface area (Å²) in [4.78, 5) is 19.0. The van der Waals surface area contributed by atoms with E-state index in [1.807, 2.05) is 4.90 Å². The lowest BCUT2D eigenvalue weighted by Crippen LogP contribution is -2.39. The fourth-order valence-corrected chi connectivity index (χ4v) is 3.70. The molecule has 2 aromatic rings. The highest BCUT2D eigenvalue weighted by molar-refractivity contribution is 5.96. The van der Waals surface area contributed by atoms with Crippen LogP contribution in [-0.4, -0.2) is 57.0 Å². The first-order chi connectivity index (χ1) is 10.7. The Hall–Kier alpha value is -2.02. The lowest BCUT2D eigenvalue weighted by molar-refractivity contribution is 0.0761.